The maximum absolute atomic E-state index is 16.8. The van der Waals surface area contributed by atoms with Crippen molar-refractivity contribution in [3.8, 4) is 0 Å². The Morgan fingerprint density at radius 1 is 1.00 bits per heavy atom. The molecular formula is C30H36FN2O9P. The number of hydrogen-bond acceptors (Lipinski definition) is 9. The van der Waals surface area contributed by atoms with Gasteiger partial charge in [-0.1, -0.05) is 48.5 Å². The van der Waals surface area contributed by atoms with Crippen molar-refractivity contribution >= 4 is 13.6 Å². The quantitative estimate of drug-likeness (QED) is 0.187. The fourth-order valence-corrected chi connectivity index (χ4v) is 6.41. The molecule has 1 heterocycles. The Bertz CT molecular complexity index is 1520. The second-order valence-electron chi connectivity index (χ2n) is 10.1. The number of ether oxygens (including phenoxy) is 3. The van der Waals surface area contributed by atoms with Crippen molar-refractivity contribution < 1.29 is 37.0 Å². The third-order valence-corrected chi connectivity index (χ3v) is 8.87. The Balaban J connectivity index is 1.62. The van der Waals surface area contributed by atoms with E-state index in [9.17, 15) is 18.9 Å². The molecule has 13 heteroatoms. The van der Waals surface area contributed by atoms with Gasteiger partial charge in [0.25, 0.3) is 5.56 Å². The predicted octanol–water partition coefficient (Wildman–Crippen LogP) is 4.69. The molecule has 3 aromatic rings. The topological polar surface area (TPSA) is 124 Å². The molecule has 0 N–H and O–H groups in total. The average molecular weight is 619 g/mol. The first-order chi connectivity index (χ1) is 20.6. The Morgan fingerprint density at radius 3 is 2.26 bits per heavy atom. The van der Waals surface area contributed by atoms with Gasteiger partial charge in [-0.15, -0.1) is 0 Å². The van der Waals surface area contributed by atoms with Gasteiger partial charge in [-0.25, -0.2) is 18.5 Å². The lowest BCUT2D eigenvalue weighted by atomic mass is 9.99. The summed E-state index contributed by atoms with van der Waals surface area (Å²) in [6.45, 7) is 4.45. The molecule has 0 amide bonds. The number of rotatable bonds is 14. The van der Waals surface area contributed by atoms with Crippen LogP contribution in [0.2, 0.25) is 0 Å². The molecule has 4 atom stereocenters. The Hall–Kier alpha value is -3.41. The van der Waals surface area contributed by atoms with Gasteiger partial charge in [0.1, 0.15) is 19.2 Å². The van der Waals surface area contributed by atoms with Crippen molar-refractivity contribution in [2.45, 2.75) is 64.4 Å². The van der Waals surface area contributed by atoms with Crippen LogP contribution in [0.25, 0.3) is 0 Å². The van der Waals surface area contributed by atoms with Crippen LogP contribution < -0.4 is 11.2 Å². The molecule has 43 heavy (non-hydrogen) atoms. The molecule has 1 aliphatic rings. The molecule has 0 spiro atoms. The molecule has 1 fully saturated rings. The third kappa shape index (κ3) is 7.76. The monoisotopic (exact) mass is 618 g/mol. The molecule has 0 radical (unpaired) electrons. The first-order valence-electron chi connectivity index (χ1n) is 14.0. The Labute approximate surface area is 248 Å². The summed E-state index contributed by atoms with van der Waals surface area (Å²) < 4.78 is 59.5. The number of aromatic nitrogens is 2. The Kier molecular flexibility index (Phi) is 10.9. The summed E-state index contributed by atoms with van der Waals surface area (Å²) in [6, 6.07) is 17.2. The van der Waals surface area contributed by atoms with E-state index >= 15 is 4.39 Å². The van der Waals surface area contributed by atoms with Crippen LogP contribution in [0.5, 0.6) is 0 Å². The van der Waals surface area contributed by atoms with Gasteiger partial charge in [-0.05, 0) is 38.5 Å². The maximum Gasteiger partial charge on any atom is 0.356 e. The van der Waals surface area contributed by atoms with E-state index in [1.54, 1.807) is 32.0 Å². The number of carbonyl (C=O) groups excluding carboxylic acids is 1. The summed E-state index contributed by atoms with van der Waals surface area (Å²) in [6.07, 6.45) is -2.12. The smallest absolute Gasteiger partial charge is 0.356 e. The number of hydrogen-bond donors (Lipinski definition) is 0. The van der Waals surface area contributed by atoms with Gasteiger partial charge in [-0.3, -0.25) is 13.9 Å². The van der Waals surface area contributed by atoms with E-state index in [1.165, 1.54) is 25.3 Å². The van der Waals surface area contributed by atoms with E-state index in [0.29, 0.717) is 0 Å². The highest BCUT2D eigenvalue weighted by Gasteiger charge is 2.58. The molecule has 4 rings (SSSR count). The molecule has 0 aliphatic heterocycles. The lowest BCUT2D eigenvalue weighted by molar-refractivity contribution is -0.0756. The number of halogens is 1. The van der Waals surface area contributed by atoms with E-state index in [-0.39, 0.29) is 38.5 Å². The highest BCUT2D eigenvalue weighted by Crippen LogP contribution is 2.51. The molecule has 2 aromatic carbocycles. The van der Waals surface area contributed by atoms with Gasteiger partial charge < -0.3 is 23.3 Å². The van der Waals surface area contributed by atoms with Gasteiger partial charge in [-0.2, -0.15) is 0 Å². The van der Waals surface area contributed by atoms with Gasteiger partial charge in [0.15, 0.2) is 11.8 Å². The first kappa shape index (κ1) is 32.5. The van der Waals surface area contributed by atoms with E-state index < -0.39 is 55.1 Å². The van der Waals surface area contributed by atoms with Crippen molar-refractivity contribution in [1.29, 1.82) is 0 Å². The van der Waals surface area contributed by atoms with Gasteiger partial charge >= 0.3 is 19.3 Å². The lowest BCUT2D eigenvalue weighted by Gasteiger charge is -2.30. The largest absolute Gasteiger partial charge is 0.452 e. The minimum atomic E-state index is -3.70. The summed E-state index contributed by atoms with van der Waals surface area (Å²) in [5.41, 5.74) is -2.75. The number of nitrogens with zero attached hydrogens (tertiary/aromatic N) is 2. The summed E-state index contributed by atoms with van der Waals surface area (Å²) in [7, 11) is -3.70. The fraction of sp³-hybridized carbons (Fsp3) is 0.433. The van der Waals surface area contributed by atoms with Gasteiger partial charge in [0.2, 0.25) is 0 Å². The molecule has 1 aromatic heterocycles. The zero-order valence-electron chi connectivity index (χ0n) is 24.3. The minimum absolute atomic E-state index is 0.0878. The second kappa shape index (κ2) is 14.4. The SMILES string of the molecule is CCOP(=O)(COC1CC(n2ccc(=O)n(COCc3ccccc3)c2=O)C(C)(F)C1OC(=O)c1ccccc1)OCC. The second-order valence-corrected chi connectivity index (χ2v) is 12.1. The van der Waals surface area contributed by atoms with E-state index in [0.717, 1.165) is 20.8 Å². The lowest BCUT2D eigenvalue weighted by Crippen LogP contribution is -2.47. The van der Waals surface area contributed by atoms with E-state index in [2.05, 4.69) is 0 Å². The minimum Gasteiger partial charge on any atom is -0.452 e. The van der Waals surface area contributed by atoms with Crippen LogP contribution in [0, 0.1) is 0 Å². The van der Waals surface area contributed by atoms with Crippen LogP contribution in [0.1, 0.15) is 49.2 Å². The van der Waals surface area contributed by atoms with Gasteiger partial charge in [0.05, 0.1) is 31.4 Å². The van der Waals surface area contributed by atoms with Crippen LogP contribution >= 0.6 is 7.60 Å². The molecular weight excluding hydrogens is 582 g/mol. The summed E-state index contributed by atoms with van der Waals surface area (Å²) >= 11 is 0. The number of esters is 1. The Morgan fingerprint density at radius 2 is 1.63 bits per heavy atom. The summed E-state index contributed by atoms with van der Waals surface area (Å²) in [4.78, 5) is 39.1. The van der Waals surface area contributed by atoms with Crippen LogP contribution in [0.15, 0.2) is 82.5 Å². The van der Waals surface area contributed by atoms with Crippen LogP contribution in [0.3, 0.4) is 0 Å². The highest BCUT2D eigenvalue weighted by atomic mass is 31.2. The molecule has 4 unspecified atom stereocenters. The number of benzene rings is 2. The summed E-state index contributed by atoms with van der Waals surface area (Å²) in [5.74, 6) is -0.798. The zero-order chi connectivity index (χ0) is 31.0. The summed E-state index contributed by atoms with van der Waals surface area (Å²) in [5, 5.41) is 0. The fourth-order valence-electron chi connectivity index (χ4n) is 5.03. The van der Waals surface area contributed by atoms with Crippen LogP contribution in [0.4, 0.5) is 4.39 Å². The average Bonchev–Trinajstić information content (AvgIpc) is 3.24. The molecule has 11 nitrogen and oxygen atoms in total. The number of carbonyl (C=O) groups is 1. The van der Waals surface area contributed by atoms with E-state index in [1.807, 2.05) is 30.3 Å². The normalized spacial score (nSPS) is 22.0. The molecule has 1 aliphatic carbocycles. The predicted molar refractivity (Wildman–Crippen MR) is 156 cm³/mol. The van der Waals surface area contributed by atoms with Crippen molar-refractivity contribution in [3.05, 3.63) is 105 Å². The maximum atomic E-state index is 16.8. The van der Waals surface area contributed by atoms with Crippen molar-refractivity contribution in [2.75, 3.05) is 19.6 Å². The van der Waals surface area contributed by atoms with Crippen molar-refractivity contribution in [1.82, 2.24) is 9.13 Å². The molecule has 1 saturated carbocycles. The van der Waals surface area contributed by atoms with Gasteiger partial charge in [0, 0.05) is 18.7 Å². The van der Waals surface area contributed by atoms with Crippen LogP contribution in [-0.2, 0) is 41.2 Å². The van der Waals surface area contributed by atoms with Crippen molar-refractivity contribution in [2.24, 2.45) is 0 Å². The van der Waals surface area contributed by atoms with Crippen LogP contribution in [-0.4, -0.2) is 52.5 Å². The molecule has 0 saturated heterocycles. The third-order valence-electron chi connectivity index (χ3n) is 7.11. The standard InChI is InChI=1S/C30H36FN2O9P/c1-4-40-43(37,41-5-2)21-39-24-18-25(30(3,31)27(24)42-28(35)23-14-10-7-11-15-23)32-17-16-26(34)33(29(32)36)20-38-19-22-12-8-6-9-13-22/h6-17,24-25,27H,4-5,18-21H2,1-3H3. The zero-order valence-corrected chi connectivity index (χ0v) is 25.2. The highest BCUT2D eigenvalue weighted by molar-refractivity contribution is 7.53. The first-order valence-corrected chi connectivity index (χ1v) is 15.7. The molecule has 0 bridgehead atoms. The van der Waals surface area contributed by atoms with Crippen molar-refractivity contribution in [3.63, 3.8) is 0 Å². The number of alkyl halides is 1. The van der Waals surface area contributed by atoms with E-state index in [4.69, 9.17) is 23.3 Å². The molecule has 232 valence electrons.